The smallest absolute Gasteiger partial charge is 0.345 e. The average Bonchev–Trinajstić information content (AvgIpc) is 2.73. The van der Waals surface area contributed by atoms with E-state index in [0.717, 1.165) is 37.1 Å². The molecule has 6 nitrogen and oxygen atoms in total. The summed E-state index contributed by atoms with van der Waals surface area (Å²) >= 11 is 6.51. The van der Waals surface area contributed by atoms with Crippen molar-refractivity contribution in [1.82, 2.24) is 19.8 Å². The number of fused-ring (bicyclic) bond motifs is 1. The number of halogens is 1. The Hall–Kier alpha value is -2.54. The van der Waals surface area contributed by atoms with Gasteiger partial charge in [0.2, 0.25) is 0 Å². The van der Waals surface area contributed by atoms with Crippen molar-refractivity contribution >= 4 is 28.5 Å². The highest BCUT2D eigenvalue weighted by Gasteiger charge is 2.21. The van der Waals surface area contributed by atoms with Crippen LogP contribution < -0.4 is 4.74 Å². The van der Waals surface area contributed by atoms with Gasteiger partial charge in [-0.05, 0) is 37.4 Å². The molecule has 0 N–H and O–H groups in total. The van der Waals surface area contributed by atoms with Crippen molar-refractivity contribution in [3.05, 3.63) is 65.1 Å². The molecule has 1 saturated heterocycles. The molecule has 0 amide bonds. The van der Waals surface area contributed by atoms with Gasteiger partial charge in [-0.3, -0.25) is 14.9 Å². The number of aromatic nitrogens is 2. The Kier molecular flexibility index (Phi) is 5.52. The molecular weight excluding hydrogens is 376 g/mol. The van der Waals surface area contributed by atoms with Crippen molar-refractivity contribution in [2.24, 2.45) is 0 Å². The fraction of sp³-hybridized carbons (Fsp3) is 0.286. The molecule has 4 rings (SSSR count). The van der Waals surface area contributed by atoms with Gasteiger partial charge >= 0.3 is 5.97 Å². The van der Waals surface area contributed by atoms with E-state index in [1.54, 1.807) is 24.5 Å². The van der Waals surface area contributed by atoms with Crippen molar-refractivity contribution in [3.63, 3.8) is 0 Å². The summed E-state index contributed by atoms with van der Waals surface area (Å²) in [6.07, 6.45) is 4.79. The number of nitrogens with zero attached hydrogens (tertiary/aromatic N) is 4. The molecule has 0 bridgehead atoms. The number of pyridine rings is 2. The second-order valence-corrected chi connectivity index (χ2v) is 7.36. The van der Waals surface area contributed by atoms with E-state index < -0.39 is 5.97 Å². The predicted molar refractivity (Wildman–Crippen MR) is 109 cm³/mol. The molecule has 1 fully saturated rings. The number of hydrogen-bond donors (Lipinski definition) is 0. The minimum atomic E-state index is -0.456. The maximum Gasteiger partial charge on any atom is 0.345 e. The Morgan fingerprint density at radius 1 is 1.18 bits per heavy atom. The Labute approximate surface area is 168 Å². The summed E-state index contributed by atoms with van der Waals surface area (Å²) in [7, 11) is 2.12. The average molecular weight is 397 g/mol. The number of hydrogen-bond acceptors (Lipinski definition) is 6. The second kappa shape index (κ2) is 8.22. The first kappa shape index (κ1) is 18.8. The molecule has 3 aromatic rings. The van der Waals surface area contributed by atoms with Crippen LogP contribution in [-0.4, -0.2) is 59.0 Å². The van der Waals surface area contributed by atoms with E-state index >= 15 is 0 Å². The third kappa shape index (κ3) is 3.99. The van der Waals surface area contributed by atoms with Gasteiger partial charge in [0.1, 0.15) is 5.52 Å². The first-order valence-electron chi connectivity index (χ1n) is 9.21. The van der Waals surface area contributed by atoms with Gasteiger partial charge in [0.05, 0.1) is 10.6 Å². The van der Waals surface area contributed by atoms with Crippen LogP contribution in [0.3, 0.4) is 0 Å². The van der Waals surface area contributed by atoms with Gasteiger partial charge in [-0.1, -0.05) is 11.6 Å². The Morgan fingerprint density at radius 3 is 2.71 bits per heavy atom. The van der Waals surface area contributed by atoms with Crippen molar-refractivity contribution in [2.45, 2.75) is 6.54 Å². The molecule has 1 aromatic carbocycles. The second-order valence-electron chi connectivity index (χ2n) is 6.96. The number of carbonyl (C=O) groups is 1. The van der Waals surface area contributed by atoms with E-state index in [4.69, 9.17) is 16.3 Å². The summed E-state index contributed by atoms with van der Waals surface area (Å²) in [5, 5.41) is 1.37. The monoisotopic (exact) mass is 396 g/mol. The molecule has 0 aliphatic carbocycles. The van der Waals surface area contributed by atoms with Gasteiger partial charge in [0.15, 0.2) is 5.75 Å². The predicted octanol–water partition coefficient (Wildman–Crippen LogP) is 3.25. The topological polar surface area (TPSA) is 58.6 Å². The molecule has 3 heterocycles. The standard InChI is InChI=1S/C21H21ClN4O2/c1-25-8-10-26(11-9-25)14-16-12-18(22)17-5-3-7-24-19(17)20(16)28-21(27)15-4-2-6-23-13-15/h2-7,12-13H,8-11,14H2,1H3. The summed E-state index contributed by atoms with van der Waals surface area (Å²) < 4.78 is 5.83. The minimum absolute atomic E-state index is 0.395. The zero-order chi connectivity index (χ0) is 19.5. The van der Waals surface area contributed by atoms with Crippen molar-refractivity contribution in [2.75, 3.05) is 33.2 Å². The first-order valence-corrected chi connectivity index (χ1v) is 9.59. The zero-order valence-electron chi connectivity index (χ0n) is 15.6. The maximum absolute atomic E-state index is 12.7. The lowest BCUT2D eigenvalue weighted by atomic mass is 10.1. The molecule has 0 unspecified atom stereocenters. The molecule has 0 radical (unpaired) electrons. The normalized spacial score (nSPS) is 15.6. The van der Waals surface area contributed by atoms with Crippen LogP contribution in [0.4, 0.5) is 0 Å². The van der Waals surface area contributed by atoms with Crippen molar-refractivity contribution in [1.29, 1.82) is 0 Å². The summed E-state index contributed by atoms with van der Waals surface area (Å²) in [5.41, 5.74) is 1.85. The van der Waals surface area contributed by atoms with Gasteiger partial charge in [0.25, 0.3) is 0 Å². The van der Waals surface area contributed by atoms with E-state index in [0.29, 0.717) is 28.4 Å². The summed E-state index contributed by atoms with van der Waals surface area (Å²) in [6.45, 7) is 4.55. The minimum Gasteiger partial charge on any atom is -0.420 e. The van der Waals surface area contributed by atoms with Gasteiger partial charge in [-0.2, -0.15) is 0 Å². The maximum atomic E-state index is 12.7. The lowest BCUT2D eigenvalue weighted by Crippen LogP contribution is -2.43. The third-order valence-corrected chi connectivity index (χ3v) is 5.27. The van der Waals surface area contributed by atoms with Crippen LogP contribution in [0.5, 0.6) is 5.75 Å². The van der Waals surface area contributed by atoms with Crippen LogP contribution in [0, 0.1) is 0 Å². The lowest BCUT2D eigenvalue weighted by Gasteiger charge is -2.32. The van der Waals surface area contributed by atoms with E-state index in [9.17, 15) is 4.79 Å². The van der Waals surface area contributed by atoms with E-state index in [-0.39, 0.29) is 0 Å². The number of carbonyl (C=O) groups excluding carboxylic acids is 1. The van der Waals surface area contributed by atoms with E-state index in [1.165, 1.54) is 6.20 Å². The van der Waals surface area contributed by atoms with Gasteiger partial charge < -0.3 is 9.64 Å². The molecule has 144 valence electrons. The summed E-state index contributed by atoms with van der Waals surface area (Å²) in [6, 6.07) is 8.98. The molecule has 0 spiro atoms. The van der Waals surface area contributed by atoms with Crippen LogP contribution in [-0.2, 0) is 6.54 Å². The highest BCUT2D eigenvalue weighted by Crippen LogP contribution is 2.35. The molecule has 1 aliphatic rings. The van der Waals surface area contributed by atoms with Crippen LogP contribution in [0.25, 0.3) is 10.9 Å². The van der Waals surface area contributed by atoms with E-state index in [2.05, 4.69) is 26.8 Å². The highest BCUT2D eigenvalue weighted by molar-refractivity contribution is 6.35. The number of esters is 1. The summed E-state index contributed by atoms with van der Waals surface area (Å²) in [5.74, 6) is 0.00906. The van der Waals surface area contributed by atoms with Crippen LogP contribution in [0.15, 0.2) is 48.9 Å². The molecule has 7 heteroatoms. The lowest BCUT2D eigenvalue weighted by molar-refractivity contribution is 0.0731. The molecule has 1 aliphatic heterocycles. The molecule has 0 atom stereocenters. The Balaban J connectivity index is 1.71. The van der Waals surface area contributed by atoms with Crippen LogP contribution >= 0.6 is 11.6 Å². The highest BCUT2D eigenvalue weighted by atomic mass is 35.5. The fourth-order valence-electron chi connectivity index (χ4n) is 3.34. The molecule has 0 saturated carbocycles. The third-order valence-electron chi connectivity index (χ3n) is 4.95. The van der Waals surface area contributed by atoms with Crippen molar-refractivity contribution < 1.29 is 9.53 Å². The zero-order valence-corrected chi connectivity index (χ0v) is 16.4. The Morgan fingerprint density at radius 2 is 1.96 bits per heavy atom. The van der Waals surface area contributed by atoms with Crippen molar-refractivity contribution in [3.8, 4) is 5.75 Å². The fourth-order valence-corrected chi connectivity index (χ4v) is 3.62. The largest absolute Gasteiger partial charge is 0.420 e. The number of rotatable bonds is 4. The number of piperazine rings is 1. The van der Waals surface area contributed by atoms with Crippen LogP contribution in [0.1, 0.15) is 15.9 Å². The number of ether oxygens (including phenoxy) is 1. The number of likely N-dealkylation sites (N-methyl/N-ethyl adjacent to an activating group) is 1. The molecule has 2 aromatic heterocycles. The SMILES string of the molecule is CN1CCN(Cc2cc(Cl)c3cccnc3c2OC(=O)c2cccnc2)CC1. The Bertz CT molecular complexity index is 988. The molecular formula is C21H21ClN4O2. The summed E-state index contributed by atoms with van der Waals surface area (Å²) in [4.78, 5) is 25.8. The first-order chi connectivity index (χ1) is 13.6. The van der Waals surface area contributed by atoms with Crippen LogP contribution in [0.2, 0.25) is 5.02 Å². The quantitative estimate of drug-likeness (QED) is 0.498. The van der Waals surface area contributed by atoms with E-state index in [1.807, 2.05) is 18.2 Å². The van der Waals surface area contributed by atoms with Gasteiger partial charge in [0, 0.05) is 62.3 Å². The molecule has 28 heavy (non-hydrogen) atoms. The number of benzene rings is 1. The van der Waals surface area contributed by atoms with Gasteiger partial charge in [-0.15, -0.1) is 0 Å². The van der Waals surface area contributed by atoms with Gasteiger partial charge in [-0.25, -0.2) is 4.79 Å².